The number of amides is 1. The minimum absolute atomic E-state index is 0.129. The zero-order valence-electron chi connectivity index (χ0n) is 10.9. The van der Waals surface area contributed by atoms with Gasteiger partial charge in [-0.25, -0.2) is 0 Å². The van der Waals surface area contributed by atoms with Crippen LogP contribution >= 0.6 is 0 Å². The van der Waals surface area contributed by atoms with Crippen LogP contribution in [-0.2, 0) is 24.1 Å². The second-order valence-corrected chi connectivity index (χ2v) is 4.95. The van der Waals surface area contributed by atoms with Gasteiger partial charge < -0.3 is 11.1 Å². The molecule has 98 valence electrons. The first-order valence-electron chi connectivity index (χ1n) is 6.87. The summed E-state index contributed by atoms with van der Waals surface area (Å²) in [6, 6.07) is 6.66. The zero-order valence-corrected chi connectivity index (χ0v) is 10.9. The highest BCUT2D eigenvalue weighted by Crippen LogP contribution is 2.23. The van der Waals surface area contributed by atoms with Crippen LogP contribution < -0.4 is 11.1 Å². The Kier molecular flexibility index (Phi) is 4.76. The van der Waals surface area contributed by atoms with E-state index in [1.165, 1.54) is 36.0 Å². The summed E-state index contributed by atoms with van der Waals surface area (Å²) in [6.07, 6.45) is 5.95. The largest absolute Gasteiger partial charge is 0.356 e. The fourth-order valence-electron chi connectivity index (χ4n) is 2.46. The van der Waals surface area contributed by atoms with E-state index in [9.17, 15) is 4.79 Å². The predicted molar refractivity (Wildman–Crippen MR) is 73.5 cm³/mol. The van der Waals surface area contributed by atoms with E-state index in [1.807, 2.05) is 0 Å². The predicted octanol–water partition coefficient (Wildman–Crippen LogP) is 1.57. The number of nitrogens with two attached hydrogens (primary N) is 1. The van der Waals surface area contributed by atoms with Crippen molar-refractivity contribution in [2.24, 2.45) is 5.73 Å². The van der Waals surface area contributed by atoms with Gasteiger partial charge in [0.1, 0.15) is 0 Å². The van der Waals surface area contributed by atoms with Crippen molar-refractivity contribution in [2.45, 2.75) is 38.5 Å². The summed E-state index contributed by atoms with van der Waals surface area (Å²) in [5.74, 6) is 0.129. The van der Waals surface area contributed by atoms with Crippen LogP contribution in [0.5, 0.6) is 0 Å². The molecule has 0 heterocycles. The van der Waals surface area contributed by atoms with Crippen LogP contribution in [0.15, 0.2) is 18.2 Å². The lowest BCUT2D eigenvalue weighted by molar-refractivity contribution is -0.121. The molecular formula is C15H22N2O. The molecule has 0 aromatic heterocycles. The quantitative estimate of drug-likeness (QED) is 0.749. The minimum atomic E-state index is 0.129. The van der Waals surface area contributed by atoms with E-state index >= 15 is 0 Å². The van der Waals surface area contributed by atoms with Gasteiger partial charge in [-0.15, -0.1) is 0 Å². The maximum absolute atomic E-state index is 11.6. The van der Waals surface area contributed by atoms with E-state index in [4.69, 9.17) is 5.73 Å². The Hall–Kier alpha value is -1.35. The molecule has 3 nitrogen and oxygen atoms in total. The van der Waals surface area contributed by atoms with Crippen molar-refractivity contribution >= 4 is 5.91 Å². The van der Waals surface area contributed by atoms with Crippen LogP contribution in [0.1, 0.15) is 36.0 Å². The third kappa shape index (κ3) is 3.57. The highest BCUT2D eigenvalue weighted by atomic mass is 16.1. The summed E-state index contributed by atoms with van der Waals surface area (Å²) in [6.45, 7) is 1.32. The van der Waals surface area contributed by atoms with Crippen LogP contribution in [0.4, 0.5) is 0 Å². The summed E-state index contributed by atoms with van der Waals surface area (Å²) in [5, 5.41) is 2.89. The standard InChI is InChI=1S/C15H22N2O/c16-9-2-10-17-15(18)8-6-12-5-7-13-3-1-4-14(13)11-12/h5,7,11H,1-4,6,8-10,16H2,(H,17,18). The molecule has 0 aliphatic heterocycles. The van der Waals surface area contributed by atoms with Gasteiger partial charge in [-0.3, -0.25) is 4.79 Å². The van der Waals surface area contributed by atoms with E-state index in [0.29, 0.717) is 19.5 Å². The molecule has 3 heteroatoms. The van der Waals surface area contributed by atoms with Crippen molar-refractivity contribution in [3.05, 3.63) is 34.9 Å². The van der Waals surface area contributed by atoms with Crippen molar-refractivity contribution in [2.75, 3.05) is 13.1 Å². The van der Waals surface area contributed by atoms with E-state index in [2.05, 4.69) is 23.5 Å². The van der Waals surface area contributed by atoms with E-state index < -0.39 is 0 Å². The topological polar surface area (TPSA) is 55.1 Å². The van der Waals surface area contributed by atoms with Gasteiger partial charge in [0.25, 0.3) is 0 Å². The number of hydrogen-bond donors (Lipinski definition) is 2. The molecular weight excluding hydrogens is 224 g/mol. The second kappa shape index (κ2) is 6.55. The summed E-state index contributed by atoms with van der Waals surface area (Å²) in [5.41, 5.74) is 9.64. The number of aryl methyl sites for hydroxylation is 3. The maximum Gasteiger partial charge on any atom is 0.220 e. The van der Waals surface area contributed by atoms with Gasteiger partial charge >= 0.3 is 0 Å². The highest BCUT2D eigenvalue weighted by Gasteiger charge is 2.11. The van der Waals surface area contributed by atoms with E-state index in [1.54, 1.807) is 0 Å². The number of carbonyl (C=O) groups is 1. The SMILES string of the molecule is NCCCNC(=O)CCc1ccc2c(c1)CCC2. The Bertz CT molecular complexity index is 415. The Morgan fingerprint density at radius 2 is 2.11 bits per heavy atom. The molecule has 0 saturated heterocycles. The summed E-state index contributed by atoms with van der Waals surface area (Å²) < 4.78 is 0. The van der Waals surface area contributed by atoms with Gasteiger partial charge in [0.15, 0.2) is 0 Å². The molecule has 1 aromatic carbocycles. The molecule has 0 bridgehead atoms. The van der Waals surface area contributed by atoms with Crippen molar-refractivity contribution in [1.82, 2.24) is 5.32 Å². The highest BCUT2D eigenvalue weighted by molar-refractivity contribution is 5.76. The molecule has 0 spiro atoms. The van der Waals surface area contributed by atoms with E-state index in [-0.39, 0.29) is 5.91 Å². The number of benzene rings is 1. The maximum atomic E-state index is 11.6. The molecule has 18 heavy (non-hydrogen) atoms. The molecule has 2 rings (SSSR count). The van der Waals surface area contributed by atoms with Gasteiger partial charge in [0.2, 0.25) is 5.91 Å². The average Bonchev–Trinajstić information content (AvgIpc) is 2.84. The lowest BCUT2D eigenvalue weighted by Crippen LogP contribution is -2.26. The van der Waals surface area contributed by atoms with Crippen LogP contribution in [-0.4, -0.2) is 19.0 Å². The van der Waals surface area contributed by atoms with Crippen LogP contribution in [0, 0.1) is 0 Å². The first-order valence-corrected chi connectivity index (χ1v) is 6.87. The van der Waals surface area contributed by atoms with Crippen molar-refractivity contribution in [1.29, 1.82) is 0 Å². The fraction of sp³-hybridized carbons (Fsp3) is 0.533. The molecule has 1 aliphatic carbocycles. The molecule has 0 fully saturated rings. The first-order chi connectivity index (χ1) is 8.79. The molecule has 1 amide bonds. The lowest BCUT2D eigenvalue weighted by atomic mass is 10.0. The number of rotatable bonds is 6. The molecule has 0 radical (unpaired) electrons. The van der Waals surface area contributed by atoms with Crippen molar-refractivity contribution < 1.29 is 4.79 Å². The molecule has 0 atom stereocenters. The number of fused-ring (bicyclic) bond motifs is 1. The molecule has 0 saturated carbocycles. The minimum Gasteiger partial charge on any atom is -0.356 e. The number of carbonyl (C=O) groups excluding carboxylic acids is 1. The number of hydrogen-bond acceptors (Lipinski definition) is 2. The average molecular weight is 246 g/mol. The molecule has 1 aliphatic rings. The monoisotopic (exact) mass is 246 g/mol. The first kappa shape index (κ1) is 13.1. The van der Waals surface area contributed by atoms with Crippen LogP contribution in [0.2, 0.25) is 0 Å². The Balaban J connectivity index is 1.78. The summed E-state index contributed by atoms with van der Waals surface area (Å²) in [7, 11) is 0. The van der Waals surface area contributed by atoms with Gasteiger partial charge in [-0.1, -0.05) is 18.2 Å². The fourth-order valence-corrected chi connectivity index (χ4v) is 2.46. The Labute approximate surface area is 109 Å². The third-order valence-corrected chi connectivity index (χ3v) is 3.51. The summed E-state index contributed by atoms with van der Waals surface area (Å²) in [4.78, 5) is 11.6. The van der Waals surface area contributed by atoms with Gasteiger partial charge in [0.05, 0.1) is 0 Å². The Morgan fingerprint density at radius 1 is 1.28 bits per heavy atom. The molecule has 3 N–H and O–H groups in total. The van der Waals surface area contributed by atoms with Gasteiger partial charge in [0, 0.05) is 13.0 Å². The normalized spacial score (nSPS) is 13.4. The molecule has 0 unspecified atom stereocenters. The molecule has 1 aromatic rings. The van der Waals surface area contributed by atoms with Crippen LogP contribution in [0.3, 0.4) is 0 Å². The van der Waals surface area contributed by atoms with Gasteiger partial charge in [-0.2, -0.15) is 0 Å². The van der Waals surface area contributed by atoms with E-state index in [0.717, 1.165) is 12.8 Å². The van der Waals surface area contributed by atoms with Crippen molar-refractivity contribution in [3.63, 3.8) is 0 Å². The van der Waals surface area contributed by atoms with Crippen LogP contribution in [0.25, 0.3) is 0 Å². The number of nitrogens with one attached hydrogen (secondary N) is 1. The lowest BCUT2D eigenvalue weighted by Gasteiger charge is -2.06. The smallest absolute Gasteiger partial charge is 0.220 e. The van der Waals surface area contributed by atoms with Gasteiger partial charge in [-0.05, 0) is 55.3 Å². The summed E-state index contributed by atoms with van der Waals surface area (Å²) >= 11 is 0. The third-order valence-electron chi connectivity index (χ3n) is 3.51. The Morgan fingerprint density at radius 3 is 2.94 bits per heavy atom. The van der Waals surface area contributed by atoms with Crippen molar-refractivity contribution in [3.8, 4) is 0 Å². The zero-order chi connectivity index (χ0) is 12.8. The second-order valence-electron chi connectivity index (χ2n) is 4.95.